The van der Waals surface area contributed by atoms with E-state index in [1.54, 1.807) is 0 Å². The molecular formula is C24H18Cl2P+. The van der Waals surface area contributed by atoms with E-state index in [4.69, 9.17) is 23.2 Å². The van der Waals surface area contributed by atoms with Crippen LogP contribution in [-0.2, 0) is 0 Å². The third-order valence-electron chi connectivity index (χ3n) is 4.72. The van der Waals surface area contributed by atoms with E-state index in [-0.39, 0.29) is 0 Å². The molecule has 0 fully saturated rings. The topological polar surface area (TPSA) is 0 Å². The summed E-state index contributed by atoms with van der Waals surface area (Å²) in [4.78, 5) is 0. The van der Waals surface area contributed by atoms with Crippen molar-refractivity contribution >= 4 is 51.7 Å². The summed E-state index contributed by atoms with van der Waals surface area (Å²) >= 11 is 13.3. The number of rotatable bonds is 4. The highest BCUT2D eigenvalue weighted by Gasteiger charge is 2.49. The molecule has 27 heavy (non-hydrogen) atoms. The molecule has 0 atom stereocenters. The maximum absolute atomic E-state index is 6.82. The minimum atomic E-state index is -2.19. The average Bonchev–Trinajstić information content (AvgIpc) is 2.74. The van der Waals surface area contributed by atoms with Crippen molar-refractivity contribution in [2.45, 2.75) is 0 Å². The van der Waals surface area contributed by atoms with Crippen LogP contribution in [0.4, 0.5) is 0 Å². The summed E-state index contributed by atoms with van der Waals surface area (Å²) in [7, 11) is -2.19. The molecule has 4 aromatic carbocycles. The van der Waals surface area contributed by atoms with Crippen LogP contribution < -0.4 is 21.2 Å². The zero-order chi connectivity index (χ0) is 18.7. The minimum absolute atomic E-state index is 0.585. The highest BCUT2D eigenvalue weighted by Crippen LogP contribution is 2.56. The maximum atomic E-state index is 6.82. The van der Waals surface area contributed by atoms with Gasteiger partial charge in [-0.2, -0.15) is 0 Å². The van der Waals surface area contributed by atoms with E-state index in [0.29, 0.717) is 10.0 Å². The number of hydrogen-bond acceptors (Lipinski definition) is 0. The van der Waals surface area contributed by atoms with E-state index < -0.39 is 7.26 Å². The molecule has 0 bridgehead atoms. The van der Waals surface area contributed by atoms with Gasteiger partial charge in [0.1, 0.15) is 33.5 Å². The van der Waals surface area contributed by atoms with Crippen LogP contribution in [0.1, 0.15) is 0 Å². The van der Waals surface area contributed by atoms with Gasteiger partial charge in [0.2, 0.25) is 0 Å². The van der Waals surface area contributed by atoms with Crippen LogP contribution in [0.25, 0.3) is 0 Å². The lowest BCUT2D eigenvalue weighted by Gasteiger charge is -2.28. The van der Waals surface area contributed by atoms with Crippen molar-refractivity contribution < 1.29 is 0 Å². The molecule has 0 spiro atoms. The quantitative estimate of drug-likeness (QED) is 0.385. The van der Waals surface area contributed by atoms with Crippen molar-refractivity contribution in [1.29, 1.82) is 0 Å². The van der Waals surface area contributed by atoms with Crippen molar-refractivity contribution in [2.75, 3.05) is 0 Å². The molecule has 0 aliphatic carbocycles. The first-order valence-electron chi connectivity index (χ1n) is 8.75. The van der Waals surface area contributed by atoms with Gasteiger partial charge in [0.25, 0.3) is 0 Å². The van der Waals surface area contributed by atoms with Crippen LogP contribution in [-0.4, -0.2) is 0 Å². The minimum Gasteiger partial charge on any atom is -0.0826 e. The first-order valence-corrected chi connectivity index (χ1v) is 11.3. The molecule has 132 valence electrons. The SMILES string of the molecule is Clc1cccc([P+](c2ccccc2)(c2ccccc2)c2ccccc2)c1Cl. The Morgan fingerprint density at radius 1 is 0.444 bits per heavy atom. The van der Waals surface area contributed by atoms with Gasteiger partial charge in [-0.1, -0.05) is 83.9 Å². The van der Waals surface area contributed by atoms with Crippen LogP contribution in [0.3, 0.4) is 0 Å². The highest BCUT2D eigenvalue weighted by atomic mass is 35.5. The van der Waals surface area contributed by atoms with Crippen molar-refractivity contribution in [3.63, 3.8) is 0 Å². The third-order valence-corrected chi connectivity index (χ3v) is 9.99. The molecule has 0 radical (unpaired) electrons. The Kier molecular flexibility index (Phi) is 5.32. The monoisotopic (exact) mass is 407 g/mol. The zero-order valence-corrected chi connectivity index (χ0v) is 17.0. The Bertz CT molecular complexity index is 935. The lowest BCUT2D eigenvalue weighted by Crippen LogP contribution is -2.39. The molecule has 0 nitrogen and oxygen atoms in total. The molecule has 4 aromatic rings. The van der Waals surface area contributed by atoms with Gasteiger partial charge in [0, 0.05) is 0 Å². The molecule has 0 saturated carbocycles. The van der Waals surface area contributed by atoms with Gasteiger partial charge in [0.15, 0.2) is 0 Å². The summed E-state index contributed by atoms with van der Waals surface area (Å²) in [5.74, 6) is 0. The molecular weight excluding hydrogens is 390 g/mol. The van der Waals surface area contributed by atoms with Gasteiger partial charge >= 0.3 is 0 Å². The third kappa shape index (κ3) is 3.19. The van der Waals surface area contributed by atoms with Gasteiger partial charge < -0.3 is 0 Å². The lowest BCUT2D eigenvalue weighted by molar-refractivity contribution is 1.70. The maximum Gasteiger partial charge on any atom is 0.145 e. The fourth-order valence-corrected chi connectivity index (χ4v) is 8.63. The fourth-order valence-electron chi connectivity index (χ4n) is 3.57. The average molecular weight is 408 g/mol. The van der Waals surface area contributed by atoms with Gasteiger partial charge in [-0.25, -0.2) is 0 Å². The van der Waals surface area contributed by atoms with Crippen LogP contribution in [0.5, 0.6) is 0 Å². The van der Waals surface area contributed by atoms with E-state index in [1.807, 2.05) is 30.3 Å². The van der Waals surface area contributed by atoms with E-state index in [0.717, 1.165) is 5.30 Å². The summed E-state index contributed by atoms with van der Waals surface area (Å²) < 4.78 is 0. The molecule has 3 heteroatoms. The zero-order valence-electron chi connectivity index (χ0n) is 14.6. The van der Waals surface area contributed by atoms with E-state index >= 15 is 0 Å². The molecule has 0 aromatic heterocycles. The predicted molar refractivity (Wildman–Crippen MR) is 121 cm³/mol. The first-order chi connectivity index (χ1) is 13.2. The molecule has 0 saturated heterocycles. The predicted octanol–water partition coefficient (Wildman–Crippen LogP) is 5.61. The van der Waals surface area contributed by atoms with Gasteiger partial charge in [-0.3, -0.25) is 0 Å². The van der Waals surface area contributed by atoms with Crippen LogP contribution in [0.2, 0.25) is 10.0 Å². The smallest absolute Gasteiger partial charge is 0.0826 e. The van der Waals surface area contributed by atoms with E-state index in [2.05, 4.69) is 78.9 Å². The standard InChI is InChI=1S/C24H18Cl2P/c25-22-17-10-18-23(24(22)26)27(19-11-4-1-5-12-19,20-13-6-2-7-14-20)21-15-8-3-9-16-21/h1-18H/q+1. The Balaban J connectivity index is 2.18. The number of halogens is 2. The molecule has 0 aliphatic heterocycles. The Morgan fingerprint density at radius 2 is 0.852 bits per heavy atom. The second-order valence-corrected chi connectivity index (χ2v) is 10.4. The van der Waals surface area contributed by atoms with Gasteiger partial charge in [-0.15, -0.1) is 0 Å². The van der Waals surface area contributed by atoms with Crippen LogP contribution in [0, 0.1) is 0 Å². The Labute approximate surface area is 170 Å². The van der Waals surface area contributed by atoms with E-state index in [1.165, 1.54) is 15.9 Å². The second-order valence-electron chi connectivity index (χ2n) is 6.25. The highest BCUT2D eigenvalue weighted by molar-refractivity contribution is 8.01. The van der Waals surface area contributed by atoms with Crippen LogP contribution in [0.15, 0.2) is 109 Å². The number of hydrogen-bond donors (Lipinski definition) is 0. The summed E-state index contributed by atoms with van der Waals surface area (Å²) in [5, 5.41) is 6.07. The molecule has 0 heterocycles. The summed E-state index contributed by atoms with van der Waals surface area (Å²) in [6.07, 6.45) is 0. The lowest BCUT2D eigenvalue weighted by atomic mass is 10.3. The fraction of sp³-hybridized carbons (Fsp3) is 0. The van der Waals surface area contributed by atoms with Crippen molar-refractivity contribution in [1.82, 2.24) is 0 Å². The second kappa shape index (κ2) is 7.87. The molecule has 0 amide bonds. The molecule has 0 aliphatic rings. The summed E-state index contributed by atoms with van der Waals surface area (Å²) in [5.41, 5.74) is 0. The largest absolute Gasteiger partial charge is 0.145 e. The molecule has 4 rings (SSSR count). The van der Waals surface area contributed by atoms with Crippen molar-refractivity contribution in [3.8, 4) is 0 Å². The van der Waals surface area contributed by atoms with E-state index in [9.17, 15) is 0 Å². The first kappa shape index (κ1) is 18.3. The number of benzene rings is 4. The van der Waals surface area contributed by atoms with Gasteiger partial charge in [0.05, 0.1) is 5.02 Å². The van der Waals surface area contributed by atoms with Crippen molar-refractivity contribution in [3.05, 3.63) is 119 Å². The van der Waals surface area contributed by atoms with Crippen molar-refractivity contribution in [2.24, 2.45) is 0 Å². The van der Waals surface area contributed by atoms with Crippen LogP contribution >= 0.6 is 30.5 Å². The normalized spacial score (nSPS) is 11.3. The Hall–Kier alpha value is -2.11. The molecule has 0 unspecified atom stereocenters. The van der Waals surface area contributed by atoms with Gasteiger partial charge in [-0.05, 0) is 48.5 Å². The Morgan fingerprint density at radius 3 is 1.26 bits per heavy atom. The molecule has 0 N–H and O–H groups in total. The summed E-state index contributed by atoms with van der Waals surface area (Å²) in [6, 6.07) is 37.9. The summed E-state index contributed by atoms with van der Waals surface area (Å²) in [6.45, 7) is 0.